The molecule has 13 heteroatoms. The molecule has 2 aliphatic rings. The minimum atomic E-state index is -4.68. The predicted octanol–water partition coefficient (Wildman–Crippen LogP) is 4.79. The number of nitrogens with zero attached hydrogens (tertiary/aromatic N) is 4. The molecule has 0 radical (unpaired) electrons. The van der Waals surface area contributed by atoms with E-state index in [0.717, 1.165) is 43.4 Å². The highest BCUT2D eigenvalue weighted by Gasteiger charge is 2.38. The van der Waals surface area contributed by atoms with Crippen LogP contribution in [0.5, 0.6) is 5.75 Å². The molecule has 1 aliphatic carbocycles. The van der Waals surface area contributed by atoms with E-state index < -0.39 is 12.0 Å². The Labute approximate surface area is 217 Å². The average Bonchev–Trinajstić information content (AvgIpc) is 3.49. The zero-order valence-electron chi connectivity index (χ0n) is 19.0. The summed E-state index contributed by atoms with van der Waals surface area (Å²) in [5, 5.41) is 16.9. The largest absolute Gasteiger partial charge is 0.490 e. The third-order valence-corrected chi connectivity index (χ3v) is 6.07. The molecule has 2 atom stereocenters. The Bertz CT molecular complexity index is 1140. The maximum atomic E-state index is 13.4. The van der Waals surface area contributed by atoms with E-state index >= 15 is 0 Å². The minimum absolute atomic E-state index is 0. The van der Waals surface area contributed by atoms with Gasteiger partial charge >= 0.3 is 6.18 Å². The molecule has 196 valence electrons. The van der Waals surface area contributed by atoms with Gasteiger partial charge in [-0.25, -0.2) is 4.39 Å². The van der Waals surface area contributed by atoms with Crippen LogP contribution in [0, 0.1) is 5.82 Å². The molecule has 2 aromatic carbocycles. The van der Waals surface area contributed by atoms with Gasteiger partial charge in [-0.05, 0) is 78.6 Å². The van der Waals surface area contributed by atoms with Crippen LogP contribution in [-0.4, -0.2) is 38.9 Å². The zero-order chi connectivity index (χ0) is 23.7. The van der Waals surface area contributed by atoms with E-state index in [1.54, 1.807) is 24.3 Å². The van der Waals surface area contributed by atoms with Crippen molar-refractivity contribution in [3.05, 3.63) is 65.2 Å². The molecule has 36 heavy (non-hydrogen) atoms. The van der Waals surface area contributed by atoms with Crippen molar-refractivity contribution in [3.63, 3.8) is 0 Å². The van der Waals surface area contributed by atoms with Crippen LogP contribution in [0.1, 0.15) is 48.7 Å². The maximum Gasteiger partial charge on any atom is 0.453 e. The van der Waals surface area contributed by atoms with Crippen LogP contribution in [0.15, 0.2) is 42.5 Å². The fourth-order valence-electron chi connectivity index (χ4n) is 4.22. The Morgan fingerprint density at radius 2 is 1.81 bits per heavy atom. The number of tetrazole rings is 1. The number of aromatic nitrogens is 4. The molecule has 3 aromatic rings. The van der Waals surface area contributed by atoms with E-state index in [1.807, 2.05) is 0 Å². The van der Waals surface area contributed by atoms with E-state index in [-0.39, 0.29) is 54.5 Å². The molecule has 2 N–H and O–H groups in total. The molecule has 2 heterocycles. The SMILES string of the molecule is Cl.Cl.Fc1ccc(C2NCCCC2NCc2cc(-n3nnnc3C(F)(F)F)ccc2OC2CC2)cc1. The van der Waals surface area contributed by atoms with Crippen LogP contribution in [0.25, 0.3) is 5.69 Å². The maximum absolute atomic E-state index is 13.4. The van der Waals surface area contributed by atoms with Crippen molar-refractivity contribution >= 4 is 24.8 Å². The highest BCUT2D eigenvalue weighted by Crippen LogP contribution is 2.33. The molecule has 5 rings (SSSR count). The molecule has 1 saturated heterocycles. The molecule has 0 bridgehead atoms. The Morgan fingerprint density at radius 1 is 1.06 bits per heavy atom. The van der Waals surface area contributed by atoms with Crippen molar-refractivity contribution in [1.29, 1.82) is 0 Å². The van der Waals surface area contributed by atoms with E-state index in [0.29, 0.717) is 17.0 Å². The molecule has 2 unspecified atom stereocenters. The predicted molar refractivity (Wildman–Crippen MR) is 129 cm³/mol. The van der Waals surface area contributed by atoms with Gasteiger partial charge in [-0.2, -0.15) is 17.9 Å². The van der Waals surface area contributed by atoms with E-state index in [1.165, 1.54) is 18.2 Å². The van der Waals surface area contributed by atoms with Crippen LogP contribution in [0.2, 0.25) is 0 Å². The van der Waals surface area contributed by atoms with Gasteiger partial charge in [0.2, 0.25) is 0 Å². The number of halogens is 6. The summed E-state index contributed by atoms with van der Waals surface area (Å²) >= 11 is 0. The second kappa shape index (κ2) is 11.7. The number of nitrogens with one attached hydrogen (secondary N) is 2. The number of hydrogen-bond acceptors (Lipinski definition) is 6. The van der Waals surface area contributed by atoms with E-state index in [9.17, 15) is 17.6 Å². The highest BCUT2D eigenvalue weighted by molar-refractivity contribution is 5.85. The summed E-state index contributed by atoms with van der Waals surface area (Å²) in [6.07, 6.45) is -0.759. The van der Waals surface area contributed by atoms with Crippen LogP contribution in [0.3, 0.4) is 0 Å². The van der Waals surface area contributed by atoms with E-state index in [4.69, 9.17) is 4.74 Å². The summed E-state index contributed by atoms with van der Waals surface area (Å²) in [5.74, 6) is -0.846. The molecule has 2 fully saturated rings. The molecule has 0 spiro atoms. The van der Waals surface area contributed by atoms with Crippen molar-refractivity contribution in [2.45, 2.75) is 56.6 Å². The van der Waals surface area contributed by atoms with Crippen LogP contribution < -0.4 is 15.4 Å². The number of hydrogen-bond donors (Lipinski definition) is 2. The first-order valence-corrected chi connectivity index (χ1v) is 11.3. The Kier molecular flexibility index (Phi) is 9.15. The summed E-state index contributed by atoms with van der Waals surface area (Å²) in [5.41, 5.74) is 1.90. The Balaban J connectivity index is 0.00000180. The lowest BCUT2D eigenvalue weighted by atomic mass is 9.92. The first kappa shape index (κ1) is 28.1. The normalized spacial score (nSPS) is 19.8. The molecule has 1 aromatic heterocycles. The molecule has 0 amide bonds. The highest BCUT2D eigenvalue weighted by atomic mass is 35.5. The quantitative estimate of drug-likeness (QED) is 0.413. The lowest BCUT2D eigenvalue weighted by molar-refractivity contribution is -0.146. The number of piperidine rings is 1. The van der Waals surface area contributed by atoms with Crippen LogP contribution in [-0.2, 0) is 12.7 Å². The first-order valence-electron chi connectivity index (χ1n) is 11.3. The molecular formula is C23H26Cl2F4N6O. The van der Waals surface area contributed by atoms with Crippen LogP contribution >= 0.6 is 24.8 Å². The van der Waals surface area contributed by atoms with Gasteiger partial charge in [-0.3, -0.25) is 0 Å². The van der Waals surface area contributed by atoms with Crippen molar-refractivity contribution < 1.29 is 22.3 Å². The lowest BCUT2D eigenvalue weighted by Crippen LogP contribution is -2.45. The lowest BCUT2D eigenvalue weighted by Gasteiger charge is -2.34. The van der Waals surface area contributed by atoms with Gasteiger partial charge in [0.1, 0.15) is 11.6 Å². The van der Waals surface area contributed by atoms with Gasteiger partial charge in [0.15, 0.2) is 0 Å². The first-order chi connectivity index (χ1) is 16.4. The minimum Gasteiger partial charge on any atom is -0.490 e. The van der Waals surface area contributed by atoms with Crippen molar-refractivity contribution in [3.8, 4) is 11.4 Å². The number of benzene rings is 2. The average molecular weight is 549 g/mol. The third-order valence-electron chi connectivity index (χ3n) is 6.07. The summed E-state index contributed by atoms with van der Waals surface area (Å²) < 4.78 is 60.0. The standard InChI is InChI=1S/C23H24F4N6O.2ClH/c24-16-5-3-14(4-6-16)21-19(2-1-11-28-21)29-13-15-12-17(7-10-20(15)34-18-8-9-18)33-22(23(25,26)27)30-31-32-33;;/h3-7,10,12,18-19,21,28-29H,1-2,8-9,11,13H2;2*1H. The topological polar surface area (TPSA) is 76.9 Å². The summed E-state index contributed by atoms with van der Waals surface area (Å²) in [6.45, 7) is 1.23. The third kappa shape index (κ3) is 6.44. The summed E-state index contributed by atoms with van der Waals surface area (Å²) in [4.78, 5) is 0. The smallest absolute Gasteiger partial charge is 0.453 e. The number of rotatable bonds is 7. The van der Waals surface area contributed by atoms with Crippen molar-refractivity contribution in [1.82, 2.24) is 30.8 Å². The Hall–Kier alpha value is -2.47. The van der Waals surface area contributed by atoms with Gasteiger partial charge in [-0.1, -0.05) is 12.1 Å². The summed E-state index contributed by atoms with van der Waals surface area (Å²) in [6, 6.07) is 11.3. The van der Waals surface area contributed by atoms with E-state index in [2.05, 4.69) is 26.2 Å². The second-order valence-corrected chi connectivity index (χ2v) is 8.63. The van der Waals surface area contributed by atoms with Crippen molar-refractivity contribution in [2.75, 3.05) is 6.54 Å². The molecule has 7 nitrogen and oxygen atoms in total. The van der Waals surface area contributed by atoms with Crippen LogP contribution in [0.4, 0.5) is 17.6 Å². The van der Waals surface area contributed by atoms with Gasteiger partial charge in [0.25, 0.3) is 5.82 Å². The molecule has 1 aliphatic heterocycles. The monoisotopic (exact) mass is 548 g/mol. The fourth-order valence-corrected chi connectivity index (χ4v) is 4.22. The van der Waals surface area contributed by atoms with Gasteiger partial charge < -0.3 is 15.4 Å². The molecule has 1 saturated carbocycles. The fraction of sp³-hybridized carbons (Fsp3) is 0.435. The van der Waals surface area contributed by atoms with Gasteiger partial charge in [0, 0.05) is 24.2 Å². The second-order valence-electron chi connectivity index (χ2n) is 8.63. The zero-order valence-corrected chi connectivity index (χ0v) is 20.7. The van der Waals surface area contributed by atoms with Gasteiger partial charge in [-0.15, -0.1) is 29.9 Å². The number of ether oxygens (including phenoxy) is 1. The van der Waals surface area contributed by atoms with Gasteiger partial charge in [0.05, 0.1) is 11.8 Å². The Morgan fingerprint density at radius 3 is 2.50 bits per heavy atom. The van der Waals surface area contributed by atoms with Crippen molar-refractivity contribution in [2.24, 2.45) is 0 Å². The number of alkyl halides is 3. The summed E-state index contributed by atoms with van der Waals surface area (Å²) in [7, 11) is 0. The molecular weight excluding hydrogens is 523 g/mol.